The highest BCUT2D eigenvalue weighted by molar-refractivity contribution is 7.86. The molecule has 0 amide bonds. The molecule has 6 nitrogen and oxygen atoms in total. The van der Waals surface area contributed by atoms with Crippen molar-refractivity contribution in [2.75, 3.05) is 26.2 Å². The van der Waals surface area contributed by atoms with Crippen LogP contribution in [-0.2, 0) is 14.9 Å². The molecule has 2 aliphatic rings. The Morgan fingerprint density at radius 1 is 1.12 bits per heavy atom. The molecule has 0 unspecified atom stereocenters. The van der Waals surface area contributed by atoms with Gasteiger partial charge in [-0.25, -0.2) is 0 Å². The van der Waals surface area contributed by atoms with Crippen LogP contribution in [-0.4, -0.2) is 61.5 Å². The second kappa shape index (κ2) is 4.81. The van der Waals surface area contributed by atoms with Gasteiger partial charge < -0.3 is 10.5 Å². The summed E-state index contributed by atoms with van der Waals surface area (Å²) in [7, 11) is -3.35. The van der Waals surface area contributed by atoms with E-state index in [1.54, 1.807) is 0 Å². The van der Waals surface area contributed by atoms with Crippen LogP contribution in [0.5, 0.6) is 0 Å². The van der Waals surface area contributed by atoms with E-state index in [0.29, 0.717) is 26.2 Å². The minimum Gasteiger partial charge on any atom is -0.373 e. The topological polar surface area (TPSA) is 75.9 Å². The van der Waals surface area contributed by atoms with Gasteiger partial charge in [-0.05, 0) is 20.3 Å². The molecular weight excluding hydrogens is 242 g/mol. The number of ether oxygens (including phenoxy) is 1. The Morgan fingerprint density at radius 2 is 1.71 bits per heavy atom. The molecule has 17 heavy (non-hydrogen) atoms. The van der Waals surface area contributed by atoms with Crippen LogP contribution in [0, 0.1) is 0 Å². The second-order valence-electron chi connectivity index (χ2n) is 4.99. The summed E-state index contributed by atoms with van der Waals surface area (Å²) >= 11 is 0. The van der Waals surface area contributed by atoms with Gasteiger partial charge in [0.15, 0.2) is 0 Å². The fourth-order valence-electron chi connectivity index (χ4n) is 2.45. The van der Waals surface area contributed by atoms with Crippen molar-refractivity contribution in [1.82, 2.24) is 8.61 Å². The number of nitrogens with zero attached hydrogens (tertiary/aromatic N) is 2. The first-order valence-corrected chi connectivity index (χ1v) is 7.45. The molecular formula is C10H21N3O3S. The Hall–Kier alpha value is -0.210. The van der Waals surface area contributed by atoms with Crippen molar-refractivity contribution in [1.29, 1.82) is 0 Å². The van der Waals surface area contributed by atoms with E-state index in [1.165, 1.54) is 8.61 Å². The zero-order chi connectivity index (χ0) is 12.6. The molecule has 2 saturated heterocycles. The summed E-state index contributed by atoms with van der Waals surface area (Å²) in [4.78, 5) is 0. The monoisotopic (exact) mass is 263 g/mol. The summed E-state index contributed by atoms with van der Waals surface area (Å²) in [6.45, 7) is 5.62. The van der Waals surface area contributed by atoms with Crippen LogP contribution in [0.3, 0.4) is 0 Å². The molecule has 0 bridgehead atoms. The van der Waals surface area contributed by atoms with Crippen molar-refractivity contribution in [3.63, 3.8) is 0 Å². The second-order valence-corrected chi connectivity index (χ2v) is 6.92. The molecule has 2 N–H and O–H groups in total. The van der Waals surface area contributed by atoms with Crippen LogP contribution in [0.4, 0.5) is 0 Å². The van der Waals surface area contributed by atoms with Crippen LogP contribution >= 0.6 is 0 Å². The van der Waals surface area contributed by atoms with Crippen LogP contribution in [0.1, 0.15) is 20.3 Å². The molecule has 2 fully saturated rings. The van der Waals surface area contributed by atoms with Crippen LogP contribution < -0.4 is 5.73 Å². The maximum atomic E-state index is 12.4. The lowest BCUT2D eigenvalue weighted by Crippen LogP contribution is -2.52. The smallest absolute Gasteiger partial charge is 0.282 e. The number of nitrogens with two attached hydrogens (primary N) is 1. The van der Waals surface area contributed by atoms with E-state index in [-0.39, 0.29) is 18.2 Å². The summed E-state index contributed by atoms with van der Waals surface area (Å²) in [5, 5.41) is 0. The summed E-state index contributed by atoms with van der Waals surface area (Å²) in [6.07, 6.45) is 0.642. The van der Waals surface area contributed by atoms with Crippen molar-refractivity contribution < 1.29 is 13.2 Å². The number of morpholine rings is 1. The molecule has 0 spiro atoms. The molecule has 2 heterocycles. The highest BCUT2D eigenvalue weighted by atomic mass is 32.2. The highest BCUT2D eigenvalue weighted by Gasteiger charge is 2.37. The molecule has 0 aromatic rings. The molecule has 2 rings (SSSR count). The minimum atomic E-state index is -3.35. The van der Waals surface area contributed by atoms with Gasteiger partial charge in [-0.3, -0.25) is 0 Å². The zero-order valence-corrected chi connectivity index (χ0v) is 11.2. The Bertz CT molecular complexity index is 363. The fourth-order valence-corrected chi connectivity index (χ4v) is 4.29. The van der Waals surface area contributed by atoms with E-state index in [2.05, 4.69) is 0 Å². The van der Waals surface area contributed by atoms with E-state index < -0.39 is 10.2 Å². The predicted octanol–water partition coefficient (Wildman–Crippen LogP) is -0.627. The minimum absolute atomic E-state index is 0.0272. The molecule has 0 saturated carbocycles. The van der Waals surface area contributed by atoms with E-state index in [4.69, 9.17) is 10.5 Å². The Morgan fingerprint density at radius 3 is 2.18 bits per heavy atom. The summed E-state index contributed by atoms with van der Waals surface area (Å²) in [6, 6.07) is -0.0272. The van der Waals surface area contributed by atoms with Gasteiger partial charge >= 0.3 is 0 Å². The number of hydrogen-bond acceptors (Lipinski definition) is 4. The average molecular weight is 263 g/mol. The molecule has 7 heteroatoms. The predicted molar refractivity (Wildman–Crippen MR) is 64.7 cm³/mol. The van der Waals surface area contributed by atoms with Gasteiger partial charge in [0, 0.05) is 32.2 Å². The van der Waals surface area contributed by atoms with E-state index >= 15 is 0 Å². The first-order valence-electron chi connectivity index (χ1n) is 6.06. The first-order chi connectivity index (χ1) is 7.89. The lowest BCUT2D eigenvalue weighted by molar-refractivity contribution is -0.0453. The first kappa shape index (κ1) is 13.2. The molecule has 3 atom stereocenters. The third kappa shape index (κ3) is 2.79. The molecule has 0 aromatic heterocycles. The van der Waals surface area contributed by atoms with Gasteiger partial charge in [-0.15, -0.1) is 0 Å². The third-order valence-corrected chi connectivity index (χ3v) is 5.16. The van der Waals surface area contributed by atoms with Crippen molar-refractivity contribution in [3.8, 4) is 0 Å². The van der Waals surface area contributed by atoms with Gasteiger partial charge in [0.2, 0.25) is 0 Å². The molecule has 100 valence electrons. The summed E-state index contributed by atoms with van der Waals surface area (Å²) in [5.41, 5.74) is 5.76. The van der Waals surface area contributed by atoms with Gasteiger partial charge in [0.25, 0.3) is 10.2 Å². The third-order valence-electron chi connectivity index (χ3n) is 3.23. The molecule has 0 aliphatic carbocycles. The van der Waals surface area contributed by atoms with Gasteiger partial charge in [-0.2, -0.15) is 17.0 Å². The van der Waals surface area contributed by atoms with Gasteiger partial charge in [-0.1, -0.05) is 0 Å². The van der Waals surface area contributed by atoms with Crippen LogP contribution in [0.2, 0.25) is 0 Å². The van der Waals surface area contributed by atoms with E-state index in [0.717, 1.165) is 6.42 Å². The normalized spacial score (nSPS) is 37.5. The van der Waals surface area contributed by atoms with Crippen molar-refractivity contribution in [2.24, 2.45) is 5.73 Å². The van der Waals surface area contributed by atoms with Crippen molar-refractivity contribution >= 4 is 10.2 Å². The summed E-state index contributed by atoms with van der Waals surface area (Å²) in [5.74, 6) is 0. The van der Waals surface area contributed by atoms with Crippen molar-refractivity contribution in [3.05, 3.63) is 0 Å². The molecule has 0 aromatic carbocycles. The fraction of sp³-hybridized carbons (Fsp3) is 1.00. The quantitative estimate of drug-likeness (QED) is 0.720. The Labute approximate surface area is 103 Å². The van der Waals surface area contributed by atoms with Gasteiger partial charge in [0.05, 0.1) is 12.2 Å². The molecule has 0 radical (unpaired) electrons. The van der Waals surface area contributed by atoms with E-state index in [1.807, 2.05) is 13.8 Å². The highest BCUT2D eigenvalue weighted by Crippen LogP contribution is 2.20. The Balaban J connectivity index is 2.09. The van der Waals surface area contributed by atoms with Gasteiger partial charge in [0.1, 0.15) is 0 Å². The summed E-state index contributed by atoms with van der Waals surface area (Å²) < 4.78 is 33.3. The largest absolute Gasteiger partial charge is 0.373 e. The number of hydrogen-bond donors (Lipinski definition) is 1. The maximum absolute atomic E-state index is 12.4. The maximum Gasteiger partial charge on any atom is 0.282 e. The molecule has 2 aliphatic heterocycles. The number of rotatable bonds is 2. The van der Waals surface area contributed by atoms with Crippen LogP contribution in [0.25, 0.3) is 0 Å². The average Bonchev–Trinajstić information content (AvgIpc) is 2.64. The van der Waals surface area contributed by atoms with Crippen LogP contribution in [0.15, 0.2) is 0 Å². The SMILES string of the molecule is C[C@@H]1CN(S(=O)(=O)N2CC[C@@H](N)C2)C[C@H](C)O1. The Kier molecular flexibility index (Phi) is 3.74. The lowest BCUT2D eigenvalue weighted by Gasteiger charge is -2.36. The van der Waals surface area contributed by atoms with Crippen molar-refractivity contribution in [2.45, 2.75) is 38.5 Å². The zero-order valence-electron chi connectivity index (χ0n) is 10.4. The lowest BCUT2D eigenvalue weighted by atomic mass is 10.3. The van der Waals surface area contributed by atoms with E-state index in [9.17, 15) is 8.42 Å². The standard InChI is InChI=1S/C10H21N3O3S/c1-8-5-13(6-9(2)16-8)17(14,15)12-4-3-10(11)7-12/h8-10H,3-7,11H2,1-2H3/t8-,9+,10-/m1/s1.